The van der Waals surface area contributed by atoms with Gasteiger partial charge in [0.25, 0.3) is 0 Å². The Hall–Kier alpha value is -2.31. The van der Waals surface area contributed by atoms with Crippen molar-refractivity contribution < 1.29 is 4.79 Å². The second-order valence-corrected chi connectivity index (χ2v) is 6.54. The smallest absolute Gasteiger partial charge is 0.241 e. The molecular formula is C18H20N4OS. The lowest BCUT2D eigenvalue weighted by atomic mass is 10.2. The highest BCUT2D eigenvalue weighted by Crippen LogP contribution is 2.22. The largest absolute Gasteiger partial charge is 0.338 e. The molecule has 5 nitrogen and oxygen atoms in total. The van der Waals surface area contributed by atoms with Gasteiger partial charge in [0.05, 0.1) is 17.1 Å². The fourth-order valence-corrected chi connectivity index (χ4v) is 2.90. The first kappa shape index (κ1) is 16.5. The Kier molecular flexibility index (Phi) is 5.17. The van der Waals surface area contributed by atoms with Gasteiger partial charge in [-0.2, -0.15) is 11.8 Å². The van der Waals surface area contributed by atoms with Crippen LogP contribution < -0.4 is 11.1 Å². The third-order valence-electron chi connectivity index (χ3n) is 3.78. The lowest BCUT2D eigenvalue weighted by molar-refractivity contribution is -0.117. The summed E-state index contributed by atoms with van der Waals surface area (Å²) >= 11 is 1.68. The van der Waals surface area contributed by atoms with Crippen LogP contribution in [-0.4, -0.2) is 33.9 Å². The molecular weight excluding hydrogens is 320 g/mol. The van der Waals surface area contributed by atoms with E-state index < -0.39 is 6.04 Å². The normalized spacial score (nSPS) is 12.2. The molecule has 3 aromatic rings. The Labute approximate surface area is 145 Å². The molecule has 1 aromatic heterocycles. The number of nitrogens with one attached hydrogen (secondary N) is 2. The summed E-state index contributed by atoms with van der Waals surface area (Å²) in [6, 6.07) is 15.0. The quantitative estimate of drug-likeness (QED) is 0.643. The van der Waals surface area contributed by atoms with Crippen molar-refractivity contribution in [3.8, 4) is 11.4 Å². The maximum absolute atomic E-state index is 12.0. The van der Waals surface area contributed by atoms with Crippen LogP contribution >= 0.6 is 11.8 Å². The number of aromatic nitrogens is 2. The van der Waals surface area contributed by atoms with Gasteiger partial charge in [-0.15, -0.1) is 0 Å². The van der Waals surface area contributed by atoms with Gasteiger partial charge in [0.2, 0.25) is 5.91 Å². The number of benzene rings is 2. The van der Waals surface area contributed by atoms with Crippen LogP contribution in [0, 0.1) is 0 Å². The van der Waals surface area contributed by atoms with Gasteiger partial charge < -0.3 is 16.0 Å². The number of imidazole rings is 1. The fourth-order valence-electron chi connectivity index (χ4n) is 2.41. The Morgan fingerprint density at radius 1 is 1.25 bits per heavy atom. The zero-order valence-electron chi connectivity index (χ0n) is 13.5. The van der Waals surface area contributed by atoms with Gasteiger partial charge in [-0.25, -0.2) is 4.98 Å². The maximum atomic E-state index is 12.0. The van der Waals surface area contributed by atoms with Crippen LogP contribution in [0.25, 0.3) is 22.4 Å². The number of hydrogen-bond acceptors (Lipinski definition) is 4. The number of fused-ring (bicyclic) bond motifs is 1. The van der Waals surface area contributed by atoms with E-state index in [1.165, 1.54) is 0 Å². The number of hydrogen-bond donors (Lipinski definition) is 3. The Morgan fingerprint density at radius 2 is 2.00 bits per heavy atom. The number of carbonyl (C=O) groups excluding carboxylic acids is 1. The van der Waals surface area contributed by atoms with E-state index in [9.17, 15) is 4.79 Å². The van der Waals surface area contributed by atoms with Crippen molar-refractivity contribution in [1.82, 2.24) is 9.97 Å². The predicted molar refractivity (Wildman–Crippen MR) is 101 cm³/mol. The SMILES string of the molecule is CSCCC(N)C(=O)Nc1ccc(-c2nc3ccccc3[nH]2)cc1. The highest BCUT2D eigenvalue weighted by molar-refractivity contribution is 7.98. The van der Waals surface area contributed by atoms with Crippen molar-refractivity contribution >= 4 is 34.4 Å². The van der Waals surface area contributed by atoms with Gasteiger partial charge in [0.15, 0.2) is 0 Å². The first-order valence-electron chi connectivity index (χ1n) is 7.78. The van der Waals surface area contributed by atoms with Gasteiger partial charge in [-0.3, -0.25) is 4.79 Å². The molecule has 0 radical (unpaired) electrons. The molecule has 24 heavy (non-hydrogen) atoms. The van der Waals surface area contributed by atoms with Gasteiger partial charge in [-0.05, 0) is 54.8 Å². The fraction of sp³-hybridized carbons (Fsp3) is 0.222. The molecule has 0 saturated heterocycles. The number of nitrogens with zero attached hydrogens (tertiary/aromatic N) is 1. The van der Waals surface area contributed by atoms with Crippen molar-refractivity contribution in [3.05, 3.63) is 48.5 Å². The summed E-state index contributed by atoms with van der Waals surface area (Å²) in [5, 5.41) is 2.85. The summed E-state index contributed by atoms with van der Waals surface area (Å²) in [6.07, 6.45) is 2.67. The number of thioether (sulfide) groups is 1. The summed E-state index contributed by atoms with van der Waals surface area (Å²) in [5.41, 5.74) is 9.52. The molecule has 1 unspecified atom stereocenters. The van der Waals surface area contributed by atoms with Crippen LogP contribution in [-0.2, 0) is 4.79 Å². The van der Waals surface area contributed by atoms with Gasteiger partial charge in [-0.1, -0.05) is 12.1 Å². The summed E-state index contributed by atoms with van der Waals surface area (Å²) in [6.45, 7) is 0. The number of H-pyrrole nitrogens is 1. The van der Waals surface area contributed by atoms with Gasteiger partial charge >= 0.3 is 0 Å². The van der Waals surface area contributed by atoms with Crippen LogP contribution in [0.4, 0.5) is 5.69 Å². The Balaban J connectivity index is 1.70. The Bertz CT molecular complexity index is 795. The zero-order valence-corrected chi connectivity index (χ0v) is 14.3. The number of aromatic amines is 1. The highest BCUT2D eigenvalue weighted by Gasteiger charge is 2.13. The van der Waals surface area contributed by atoms with Crippen molar-refractivity contribution in [1.29, 1.82) is 0 Å². The molecule has 1 heterocycles. The van der Waals surface area contributed by atoms with Crippen LogP contribution in [0.5, 0.6) is 0 Å². The number of anilines is 1. The second-order valence-electron chi connectivity index (χ2n) is 5.56. The number of para-hydroxylation sites is 2. The van der Waals surface area contributed by atoms with E-state index >= 15 is 0 Å². The summed E-state index contributed by atoms with van der Waals surface area (Å²) in [7, 11) is 0. The van der Waals surface area contributed by atoms with E-state index in [2.05, 4.69) is 15.3 Å². The third kappa shape index (κ3) is 3.77. The number of carbonyl (C=O) groups is 1. The average Bonchev–Trinajstić information content (AvgIpc) is 3.04. The molecule has 0 saturated carbocycles. The minimum Gasteiger partial charge on any atom is -0.338 e. The Morgan fingerprint density at radius 3 is 2.71 bits per heavy atom. The lowest BCUT2D eigenvalue weighted by Crippen LogP contribution is -2.36. The van der Waals surface area contributed by atoms with Crippen LogP contribution in [0.2, 0.25) is 0 Å². The molecule has 4 N–H and O–H groups in total. The van der Waals surface area contributed by atoms with Crippen molar-refractivity contribution in [2.24, 2.45) is 5.73 Å². The minimum absolute atomic E-state index is 0.152. The summed E-state index contributed by atoms with van der Waals surface area (Å²) in [4.78, 5) is 19.9. The second kappa shape index (κ2) is 7.51. The van der Waals surface area contributed by atoms with E-state index in [0.717, 1.165) is 33.9 Å². The van der Waals surface area contributed by atoms with Crippen molar-refractivity contribution in [2.75, 3.05) is 17.3 Å². The average molecular weight is 340 g/mol. The first-order chi connectivity index (χ1) is 11.7. The number of rotatable bonds is 6. The van der Waals surface area contributed by atoms with E-state index in [1.54, 1.807) is 11.8 Å². The molecule has 0 fully saturated rings. The molecule has 0 spiro atoms. The van der Waals surface area contributed by atoms with Crippen LogP contribution in [0.15, 0.2) is 48.5 Å². The number of nitrogens with two attached hydrogens (primary N) is 1. The summed E-state index contributed by atoms with van der Waals surface area (Å²) < 4.78 is 0. The highest BCUT2D eigenvalue weighted by atomic mass is 32.2. The molecule has 124 valence electrons. The monoisotopic (exact) mass is 340 g/mol. The third-order valence-corrected chi connectivity index (χ3v) is 4.43. The molecule has 1 amide bonds. The van der Waals surface area contributed by atoms with Crippen molar-refractivity contribution in [2.45, 2.75) is 12.5 Å². The minimum atomic E-state index is -0.479. The molecule has 6 heteroatoms. The molecule has 2 aromatic carbocycles. The van der Waals surface area contributed by atoms with Gasteiger partial charge in [0.1, 0.15) is 5.82 Å². The van der Waals surface area contributed by atoms with E-state index in [1.807, 2.05) is 54.8 Å². The first-order valence-corrected chi connectivity index (χ1v) is 9.17. The number of amides is 1. The molecule has 0 aliphatic rings. The van der Waals surface area contributed by atoms with E-state index in [4.69, 9.17) is 5.73 Å². The zero-order chi connectivity index (χ0) is 16.9. The predicted octanol–water partition coefficient (Wildman–Crippen LogP) is 3.25. The van der Waals surface area contributed by atoms with E-state index in [-0.39, 0.29) is 5.91 Å². The van der Waals surface area contributed by atoms with Crippen molar-refractivity contribution in [3.63, 3.8) is 0 Å². The molecule has 3 rings (SSSR count). The molecule has 0 aliphatic carbocycles. The molecule has 0 bridgehead atoms. The maximum Gasteiger partial charge on any atom is 0.241 e. The molecule has 1 atom stereocenters. The molecule has 0 aliphatic heterocycles. The lowest BCUT2D eigenvalue weighted by Gasteiger charge is -2.11. The van der Waals surface area contributed by atoms with Gasteiger partial charge in [0, 0.05) is 11.3 Å². The summed E-state index contributed by atoms with van der Waals surface area (Å²) in [5.74, 6) is 1.53. The standard InChI is InChI=1S/C18H20N4OS/c1-24-11-10-14(19)18(23)20-13-8-6-12(7-9-13)17-21-15-4-2-3-5-16(15)22-17/h2-9,14H,10-11,19H2,1H3,(H,20,23)(H,21,22). The van der Waals surface area contributed by atoms with Crippen LogP contribution in [0.1, 0.15) is 6.42 Å². The van der Waals surface area contributed by atoms with E-state index in [0.29, 0.717) is 6.42 Å². The van der Waals surface area contributed by atoms with Crippen LogP contribution in [0.3, 0.4) is 0 Å². The topological polar surface area (TPSA) is 83.8 Å².